The Balaban J connectivity index is 1.51. The number of fused-ring (bicyclic) bond motifs is 1. The van der Waals surface area contributed by atoms with E-state index in [1.807, 2.05) is 36.1 Å². The Morgan fingerprint density at radius 3 is 3.08 bits per heavy atom. The van der Waals surface area contributed by atoms with Gasteiger partial charge in [0.2, 0.25) is 5.88 Å². The van der Waals surface area contributed by atoms with Gasteiger partial charge in [-0.1, -0.05) is 6.07 Å². The summed E-state index contributed by atoms with van der Waals surface area (Å²) in [4.78, 5) is 19.0. The van der Waals surface area contributed by atoms with Gasteiger partial charge in [-0.3, -0.25) is 4.79 Å². The van der Waals surface area contributed by atoms with Crippen LogP contribution in [0.5, 0.6) is 5.88 Å². The molecule has 4 rings (SSSR count). The van der Waals surface area contributed by atoms with Crippen LogP contribution in [0.4, 0.5) is 0 Å². The van der Waals surface area contributed by atoms with Crippen molar-refractivity contribution in [1.29, 1.82) is 0 Å². The third kappa shape index (κ3) is 3.33. The van der Waals surface area contributed by atoms with E-state index in [4.69, 9.17) is 13.9 Å². The van der Waals surface area contributed by atoms with E-state index in [0.29, 0.717) is 31.3 Å². The lowest BCUT2D eigenvalue weighted by Gasteiger charge is -2.49. The second-order valence-corrected chi connectivity index (χ2v) is 7.21. The van der Waals surface area contributed by atoms with E-state index < -0.39 is 0 Å². The Labute approximate surface area is 153 Å². The molecule has 0 unspecified atom stereocenters. The van der Waals surface area contributed by atoms with Crippen molar-refractivity contribution in [2.45, 2.75) is 32.3 Å². The number of aryl methyl sites for hydroxylation is 1. The van der Waals surface area contributed by atoms with Gasteiger partial charge in [-0.05, 0) is 44.4 Å². The first-order valence-corrected chi connectivity index (χ1v) is 9.17. The molecule has 0 spiro atoms. The Hall–Kier alpha value is -2.34. The molecule has 26 heavy (non-hydrogen) atoms. The molecule has 0 saturated carbocycles. The third-order valence-electron chi connectivity index (χ3n) is 5.37. The third-order valence-corrected chi connectivity index (χ3v) is 5.37. The van der Waals surface area contributed by atoms with Crippen molar-refractivity contribution in [2.24, 2.45) is 5.41 Å². The highest BCUT2D eigenvalue weighted by Gasteiger charge is 2.48. The standard InChI is InChI=1S/C20H24N2O4/c1-15-6-7-16(26-15)19(23)22-11-8-17-20(13-22,9-4-12-24-17)14-25-18-5-2-3-10-21-18/h2-3,5-7,10,17H,4,8-9,11-14H2,1H3/t17-,20-/m1/s1. The van der Waals surface area contributed by atoms with Gasteiger partial charge in [0.1, 0.15) is 5.76 Å². The van der Waals surface area contributed by atoms with Crippen molar-refractivity contribution in [3.63, 3.8) is 0 Å². The van der Waals surface area contributed by atoms with Crippen molar-refractivity contribution in [1.82, 2.24) is 9.88 Å². The van der Waals surface area contributed by atoms with Gasteiger partial charge in [-0.2, -0.15) is 0 Å². The van der Waals surface area contributed by atoms with Crippen LogP contribution in [-0.4, -0.2) is 48.2 Å². The van der Waals surface area contributed by atoms with E-state index in [1.54, 1.807) is 12.3 Å². The normalized spacial score (nSPS) is 25.6. The maximum Gasteiger partial charge on any atom is 0.289 e. The lowest BCUT2D eigenvalue weighted by Crippen LogP contribution is -2.58. The summed E-state index contributed by atoms with van der Waals surface area (Å²) in [6, 6.07) is 9.20. The van der Waals surface area contributed by atoms with Crippen LogP contribution < -0.4 is 4.74 Å². The molecule has 6 nitrogen and oxygen atoms in total. The highest BCUT2D eigenvalue weighted by molar-refractivity contribution is 5.91. The second kappa shape index (κ2) is 7.11. The first-order valence-electron chi connectivity index (χ1n) is 9.17. The molecule has 2 aliphatic rings. The number of furan rings is 1. The highest BCUT2D eigenvalue weighted by Crippen LogP contribution is 2.41. The number of hydrogen-bond donors (Lipinski definition) is 0. The molecule has 2 atom stereocenters. The first-order chi connectivity index (χ1) is 12.7. The Kier molecular flexibility index (Phi) is 4.68. The van der Waals surface area contributed by atoms with Gasteiger partial charge in [0.15, 0.2) is 5.76 Å². The molecule has 2 aromatic heterocycles. The van der Waals surface area contributed by atoms with Crippen LogP contribution in [0.2, 0.25) is 0 Å². The van der Waals surface area contributed by atoms with E-state index in [1.165, 1.54) is 0 Å². The molecule has 4 heterocycles. The Bertz CT molecular complexity index is 760. The summed E-state index contributed by atoms with van der Waals surface area (Å²) in [5, 5.41) is 0. The van der Waals surface area contributed by atoms with Gasteiger partial charge in [0.25, 0.3) is 5.91 Å². The molecule has 1 amide bonds. The van der Waals surface area contributed by atoms with Gasteiger partial charge >= 0.3 is 0 Å². The number of nitrogens with zero attached hydrogens (tertiary/aromatic N) is 2. The molecule has 0 aliphatic carbocycles. The van der Waals surface area contributed by atoms with Crippen LogP contribution >= 0.6 is 0 Å². The molecule has 138 valence electrons. The average Bonchev–Trinajstić information content (AvgIpc) is 3.12. The number of piperidine rings is 1. The molecule has 2 aromatic rings. The number of hydrogen-bond acceptors (Lipinski definition) is 5. The van der Waals surface area contributed by atoms with Gasteiger partial charge in [0.05, 0.1) is 12.7 Å². The molecule has 0 aromatic carbocycles. The minimum absolute atomic E-state index is 0.0562. The maximum atomic E-state index is 12.8. The molecular formula is C20H24N2O4. The van der Waals surface area contributed by atoms with E-state index in [2.05, 4.69) is 4.98 Å². The van der Waals surface area contributed by atoms with E-state index in [-0.39, 0.29) is 17.4 Å². The van der Waals surface area contributed by atoms with Crippen molar-refractivity contribution in [3.05, 3.63) is 48.0 Å². The van der Waals surface area contributed by atoms with Crippen LogP contribution in [-0.2, 0) is 4.74 Å². The summed E-state index contributed by atoms with van der Waals surface area (Å²) >= 11 is 0. The van der Waals surface area contributed by atoms with Crippen LogP contribution in [0.1, 0.15) is 35.6 Å². The van der Waals surface area contributed by atoms with Crippen LogP contribution in [0, 0.1) is 12.3 Å². The number of amides is 1. The van der Waals surface area contributed by atoms with Crippen LogP contribution in [0.25, 0.3) is 0 Å². The summed E-state index contributed by atoms with van der Waals surface area (Å²) in [6.45, 7) is 4.41. The molecule has 6 heteroatoms. The quantitative estimate of drug-likeness (QED) is 0.842. The summed E-state index contributed by atoms with van der Waals surface area (Å²) in [7, 11) is 0. The average molecular weight is 356 g/mol. The monoisotopic (exact) mass is 356 g/mol. The van der Waals surface area contributed by atoms with Gasteiger partial charge in [0, 0.05) is 37.4 Å². The van der Waals surface area contributed by atoms with Gasteiger partial charge in [-0.25, -0.2) is 4.98 Å². The highest BCUT2D eigenvalue weighted by atomic mass is 16.5. The molecule has 2 fully saturated rings. The number of pyridine rings is 1. The van der Waals surface area contributed by atoms with Crippen LogP contribution in [0.15, 0.2) is 40.9 Å². The zero-order valence-corrected chi connectivity index (χ0v) is 15.0. The first kappa shape index (κ1) is 17.1. The maximum absolute atomic E-state index is 12.8. The van der Waals surface area contributed by atoms with E-state index in [9.17, 15) is 4.79 Å². The predicted octanol–water partition coefficient (Wildman–Crippen LogP) is 3.07. The van der Waals surface area contributed by atoms with Crippen molar-refractivity contribution >= 4 is 5.91 Å². The summed E-state index contributed by atoms with van der Waals surface area (Å²) in [5.41, 5.74) is -0.203. The molecular weight excluding hydrogens is 332 g/mol. The predicted molar refractivity (Wildman–Crippen MR) is 95.1 cm³/mol. The fraction of sp³-hybridized carbons (Fsp3) is 0.500. The topological polar surface area (TPSA) is 64.8 Å². The molecule has 0 N–H and O–H groups in total. The van der Waals surface area contributed by atoms with E-state index in [0.717, 1.165) is 31.6 Å². The number of rotatable bonds is 4. The molecule has 2 saturated heterocycles. The fourth-order valence-electron chi connectivity index (χ4n) is 4.03. The Morgan fingerprint density at radius 1 is 1.38 bits per heavy atom. The van der Waals surface area contributed by atoms with Crippen molar-refractivity contribution < 1.29 is 18.7 Å². The fourth-order valence-corrected chi connectivity index (χ4v) is 4.03. The second-order valence-electron chi connectivity index (χ2n) is 7.21. The van der Waals surface area contributed by atoms with Crippen LogP contribution in [0.3, 0.4) is 0 Å². The smallest absolute Gasteiger partial charge is 0.289 e. The van der Waals surface area contributed by atoms with Crippen molar-refractivity contribution in [2.75, 3.05) is 26.3 Å². The minimum Gasteiger partial charge on any atom is -0.477 e. The summed E-state index contributed by atoms with van der Waals surface area (Å²) < 4.78 is 17.6. The lowest BCUT2D eigenvalue weighted by molar-refractivity contribution is -0.133. The largest absolute Gasteiger partial charge is 0.477 e. The van der Waals surface area contributed by atoms with Gasteiger partial charge < -0.3 is 18.8 Å². The number of ether oxygens (including phenoxy) is 2. The Morgan fingerprint density at radius 2 is 2.31 bits per heavy atom. The summed E-state index contributed by atoms with van der Waals surface area (Å²) in [5.74, 6) is 1.70. The molecule has 0 radical (unpaired) electrons. The number of carbonyl (C=O) groups excluding carboxylic acids is 1. The lowest BCUT2D eigenvalue weighted by atomic mass is 9.73. The minimum atomic E-state index is -0.203. The van der Waals surface area contributed by atoms with Crippen molar-refractivity contribution in [3.8, 4) is 5.88 Å². The zero-order chi connectivity index (χ0) is 18.0. The number of aromatic nitrogens is 1. The number of likely N-dealkylation sites (tertiary alicyclic amines) is 1. The molecule has 2 aliphatic heterocycles. The van der Waals surface area contributed by atoms with E-state index >= 15 is 0 Å². The summed E-state index contributed by atoms with van der Waals surface area (Å²) in [6.07, 6.45) is 4.60. The SMILES string of the molecule is Cc1ccc(C(=O)N2CC[C@H]3OCCC[C@]3(COc3ccccn3)C2)o1. The molecule has 0 bridgehead atoms. The number of carbonyl (C=O) groups is 1. The zero-order valence-electron chi connectivity index (χ0n) is 15.0. The van der Waals surface area contributed by atoms with Gasteiger partial charge in [-0.15, -0.1) is 0 Å².